The van der Waals surface area contributed by atoms with Crippen molar-refractivity contribution in [2.45, 2.75) is 19.4 Å². The number of thiophene rings is 1. The van der Waals surface area contributed by atoms with E-state index in [1.807, 2.05) is 17.5 Å². The maximum atomic E-state index is 12.2. The van der Waals surface area contributed by atoms with Crippen molar-refractivity contribution in [3.8, 4) is 0 Å². The van der Waals surface area contributed by atoms with Crippen molar-refractivity contribution in [2.24, 2.45) is 0 Å². The summed E-state index contributed by atoms with van der Waals surface area (Å²) in [4.78, 5) is 52.1. The number of hydrogen-bond acceptors (Lipinski definition) is 6. The molecule has 3 amide bonds. The van der Waals surface area contributed by atoms with E-state index in [-0.39, 0.29) is 43.7 Å². The zero-order valence-electron chi connectivity index (χ0n) is 15.4. The standard InChI is InChI=1S/C20H20N2O5S/c1-21(12-14-6-5-11-28-14)17(23)13-27-18(24)9-4-10-22-19(25)15-7-2-3-8-16(15)20(22)26/h2-3,5-8,11H,4,9-10,12-13H2,1H3. The van der Waals surface area contributed by atoms with Gasteiger partial charge in [-0.3, -0.25) is 24.1 Å². The molecule has 0 N–H and O–H groups in total. The highest BCUT2D eigenvalue weighted by molar-refractivity contribution is 7.09. The van der Waals surface area contributed by atoms with E-state index >= 15 is 0 Å². The van der Waals surface area contributed by atoms with Gasteiger partial charge in [0, 0.05) is 24.9 Å². The Hall–Kier alpha value is -3.00. The summed E-state index contributed by atoms with van der Waals surface area (Å²) in [6, 6.07) is 10.5. The normalized spacial score (nSPS) is 12.8. The zero-order valence-corrected chi connectivity index (χ0v) is 16.2. The van der Waals surface area contributed by atoms with Crippen LogP contribution < -0.4 is 0 Å². The lowest BCUT2D eigenvalue weighted by atomic mass is 10.1. The van der Waals surface area contributed by atoms with Gasteiger partial charge in [-0.15, -0.1) is 11.3 Å². The van der Waals surface area contributed by atoms with Gasteiger partial charge >= 0.3 is 5.97 Å². The Morgan fingerprint density at radius 1 is 1.07 bits per heavy atom. The smallest absolute Gasteiger partial charge is 0.306 e. The topological polar surface area (TPSA) is 84.0 Å². The number of likely N-dealkylation sites (N-methyl/N-ethyl adjacent to an activating group) is 1. The van der Waals surface area contributed by atoms with E-state index in [4.69, 9.17) is 4.74 Å². The number of amides is 3. The average Bonchev–Trinajstić information content (AvgIpc) is 3.28. The summed E-state index contributed by atoms with van der Waals surface area (Å²) in [5.74, 6) is -1.52. The largest absolute Gasteiger partial charge is 0.456 e. The molecule has 7 nitrogen and oxygen atoms in total. The Bertz CT molecular complexity index is 859. The third-order valence-electron chi connectivity index (χ3n) is 4.40. The van der Waals surface area contributed by atoms with Crippen molar-refractivity contribution >= 4 is 35.0 Å². The van der Waals surface area contributed by atoms with Crippen LogP contribution in [0.5, 0.6) is 0 Å². The Balaban J connectivity index is 1.39. The molecule has 0 fully saturated rings. The second kappa shape index (κ2) is 8.79. The number of nitrogens with zero attached hydrogens (tertiary/aromatic N) is 2. The highest BCUT2D eigenvalue weighted by Gasteiger charge is 2.34. The Morgan fingerprint density at radius 2 is 1.75 bits per heavy atom. The van der Waals surface area contributed by atoms with Crippen molar-refractivity contribution in [2.75, 3.05) is 20.2 Å². The fourth-order valence-corrected chi connectivity index (χ4v) is 3.63. The van der Waals surface area contributed by atoms with Gasteiger partial charge in [0.25, 0.3) is 17.7 Å². The van der Waals surface area contributed by atoms with E-state index in [0.717, 1.165) is 9.78 Å². The monoisotopic (exact) mass is 400 g/mol. The predicted molar refractivity (Wildman–Crippen MR) is 103 cm³/mol. The summed E-state index contributed by atoms with van der Waals surface area (Å²) >= 11 is 1.55. The van der Waals surface area contributed by atoms with Crippen molar-refractivity contribution in [1.82, 2.24) is 9.80 Å². The molecule has 0 saturated carbocycles. The van der Waals surface area contributed by atoms with Crippen LogP contribution in [-0.2, 0) is 20.9 Å². The van der Waals surface area contributed by atoms with Gasteiger partial charge in [-0.2, -0.15) is 0 Å². The first-order chi connectivity index (χ1) is 13.5. The van der Waals surface area contributed by atoms with Crippen LogP contribution in [0, 0.1) is 0 Å². The summed E-state index contributed by atoms with van der Waals surface area (Å²) in [7, 11) is 1.65. The van der Waals surface area contributed by atoms with E-state index in [1.54, 1.807) is 42.6 Å². The molecule has 0 unspecified atom stereocenters. The summed E-state index contributed by atoms with van der Waals surface area (Å²) in [5.41, 5.74) is 0.768. The molecular formula is C20H20N2O5S. The number of imide groups is 1. The summed E-state index contributed by atoms with van der Waals surface area (Å²) in [5, 5.41) is 1.93. The summed E-state index contributed by atoms with van der Waals surface area (Å²) in [6.45, 7) is 0.273. The van der Waals surface area contributed by atoms with Crippen LogP contribution in [-0.4, -0.2) is 53.7 Å². The minimum absolute atomic E-state index is 0.0231. The first kappa shape index (κ1) is 19.8. The molecule has 1 aromatic heterocycles. The van der Waals surface area contributed by atoms with E-state index in [0.29, 0.717) is 17.7 Å². The molecule has 1 aliphatic rings. The molecule has 0 atom stereocenters. The molecule has 1 aromatic carbocycles. The lowest BCUT2D eigenvalue weighted by Crippen LogP contribution is -2.32. The quantitative estimate of drug-likeness (QED) is 0.502. The highest BCUT2D eigenvalue weighted by atomic mass is 32.1. The molecule has 0 aliphatic carbocycles. The molecule has 146 valence electrons. The fourth-order valence-electron chi connectivity index (χ4n) is 2.87. The number of esters is 1. The van der Waals surface area contributed by atoms with Gasteiger partial charge in [0.2, 0.25) is 0 Å². The second-order valence-electron chi connectivity index (χ2n) is 6.40. The maximum Gasteiger partial charge on any atom is 0.306 e. The Labute approximate surface area is 166 Å². The molecule has 0 spiro atoms. The minimum atomic E-state index is -0.533. The minimum Gasteiger partial charge on any atom is -0.456 e. The molecule has 8 heteroatoms. The molecular weight excluding hydrogens is 380 g/mol. The van der Waals surface area contributed by atoms with Gasteiger partial charge in [0.05, 0.1) is 17.7 Å². The number of carbonyl (C=O) groups excluding carboxylic acids is 4. The van der Waals surface area contributed by atoms with Crippen LogP contribution in [0.3, 0.4) is 0 Å². The highest BCUT2D eigenvalue weighted by Crippen LogP contribution is 2.22. The number of rotatable bonds is 8. The van der Waals surface area contributed by atoms with E-state index in [9.17, 15) is 19.2 Å². The Morgan fingerprint density at radius 3 is 2.36 bits per heavy atom. The van der Waals surface area contributed by atoms with Crippen LogP contribution in [0.4, 0.5) is 0 Å². The van der Waals surface area contributed by atoms with Crippen LogP contribution in [0.25, 0.3) is 0 Å². The van der Waals surface area contributed by atoms with Gasteiger partial charge < -0.3 is 9.64 Å². The molecule has 0 bridgehead atoms. The molecule has 2 aromatic rings. The fraction of sp³-hybridized carbons (Fsp3) is 0.300. The van der Waals surface area contributed by atoms with Crippen molar-refractivity contribution < 1.29 is 23.9 Å². The lowest BCUT2D eigenvalue weighted by molar-refractivity contribution is -0.151. The Kier molecular flexibility index (Phi) is 6.20. The summed E-state index contributed by atoms with van der Waals surface area (Å²) < 4.78 is 5.01. The van der Waals surface area contributed by atoms with E-state index < -0.39 is 5.97 Å². The van der Waals surface area contributed by atoms with Gasteiger partial charge in [-0.05, 0) is 30.0 Å². The number of carbonyl (C=O) groups is 4. The SMILES string of the molecule is CN(Cc1cccs1)C(=O)COC(=O)CCCN1C(=O)c2ccccc2C1=O. The van der Waals surface area contributed by atoms with Crippen LogP contribution in [0.2, 0.25) is 0 Å². The zero-order chi connectivity index (χ0) is 20.1. The molecule has 0 radical (unpaired) electrons. The van der Waals surface area contributed by atoms with Crippen LogP contribution in [0.15, 0.2) is 41.8 Å². The third kappa shape index (κ3) is 4.45. The van der Waals surface area contributed by atoms with Crippen molar-refractivity contribution in [3.05, 3.63) is 57.8 Å². The van der Waals surface area contributed by atoms with Crippen LogP contribution >= 0.6 is 11.3 Å². The van der Waals surface area contributed by atoms with Gasteiger partial charge in [0.15, 0.2) is 6.61 Å². The molecule has 1 aliphatic heterocycles. The summed E-state index contributed by atoms with van der Waals surface area (Å²) in [6.07, 6.45) is 0.304. The van der Waals surface area contributed by atoms with Gasteiger partial charge in [-0.1, -0.05) is 18.2 Å². The molecule has 2 heterocycles. The number of fused-ring (bicyclic) bond motifs is 1. The molecule has 0 saturated heterocycles. The third-order valence-corrected chi connectivity index (χ3v) is 5.26. The number of benzene rings is 1. The number of ether oxygens (including phenoxy) is 1. The molecule has 3 rings (SSSR count). The van der Waals surface area contributed by atoms with Crippen molar-refractivity contribution in [3.63, 3.8) is 0 Å². The van der Waals surface area contributed by atoms with Gasteiger partial charge in [0.1, 0.15) is 0 Å². The molecule has 28 heavy (non-hydrogen) atoms. The van der Waals surface area contributed by atoms with Gasteiger partial charge in [-0.25, -0.2) is 0 Å². The van der Waals surface area contributed by atoms with E-state index in [2.05, 4.69) is 0 Å². The lowest BCUT2D eigenvalue weighted by Gasteiger charge is -2.16. The number of hydrogen-bond donors (Lipinski definition) is 0. The average molecular weight is 400 g/mol. The first-order valence-corrected chi connectivity index (χ1v) is 9.72. The maximum absolute atomic E-state index is 12.2. The van der Waals surface area contributed by atoms with Crippen LogP contribution in [0.1, 0.15) is 38.4 Å². The first-order valence-electron chi connectivity index (χ1n) is 8.84. The predicted octanol–water partition coefficient (Wildman–Crippen LogP) is 2.33. The van der Waals surface area contributed by atoms with E-state index in [1.165, 1.54) is 4.90 Å². The van der Waals surface area contributed by atoms with Crippen molar-refractivity contribution in [1.29, 1.82) is 0 Å². The second-order valence-corrected chi connectivity index (χ2v) is 7.43.